The Balaban J connectivity index is 1.66. The van der Waals surface area contributed by atoms with Crippen LogP contribution in [0.1, 0.15) is 17.7 Å². The molecule has 1 N–H and O–H groups in total. The number of rotatable bonds is 6. The lowest BCUT2D eigenvalue weighted by molar-refractivity contribution is -0.121. The molecule has 2 heterocycles. The third-order valence-corrected chi connectivity index (χ3v) is 3.62. The third kappa shape index (κ3) is 4.19. The van der Waals surface area contributed by atoms with E-state index in [0.29, 0.717) is 6.54 Å². The van der Waals surface area contributed by atoms with Crippen LogP contribution in [0.4, 0.5) is 0 Å². The molecule has 2 rings (SSSR count). The first kappa shape index (κ1) is 14.8. The van der Waals surface area contributed by atoms with Crippen molar-refractivity contribution in [3.05, 3.63) is 34.3 Å². The predicted molar refractivity (Wildman–Crippen MR) is 79.3 cm³/mol. The quantitative estimate of drug-likeness (QED) is 0.814. The smallest absolute Gasteiger partial charge is 0.241 e. The fourth-order valence-electron chi connectivity index (χ4n) is 1.83. The lowest BCUT2D eigenvalue weighted by Gasteiger charge is -2.05. The molecule has 20 heavy (non-hydrogen) atoms. The van der Waals surface area contributed by atoms with Crippen molar-refractivity contribution in [2.24, 2.45) is 0 Å². The molecule has 0 aliphatic heterocycles. The van der Waals surface area contributed by atoms with E-state index in [4.69, 9.17) is 0 Å². The van der Waals surface area contributed by atoms with Crippen LogP contribution in [0.15, 0.2) is 23.1 Å². The van der Waals surface area contributed by atoms with Gasteiger partial charge in [-0.25, -0.2) is 0 Å². The van der Waals surface area contributed by atoms with Crippen LogP contribution in [0, 0.1) is 13.8 Å². The van der Waals surface area contributed by atoms with E-state index in [-0.39, 0.29) is 12.5 Å². The van der Waals surface area contributed by atoms with Gasteiger partial charge in [0, 0.05) is 25.5 Å². The first-order valence-corrected chi connectivity index (χ1v) is 7.29. The summed E-state index contributed by atoms with van der Waals surface area (Å²) >= 11 is 3.42. The fraction of sp³-hybridized carbons (Fsp3) is 0.462. The van der Waals surface area contributed by atoms with Crippen molar-refractivity contribution in [1.82, 2.24) is 24.9 Å². The largest absolute Gasteiger partial charge is 0.354 e. The molecule has 7 heteroatoms. The Hall–Kier alpha value is -1.63. The molecule has 0 unspecified atom stereocenters. The SMILES string of the molecule is Cc1cnn(CC(=O)NCCCn2cc(Br)c(C)n2)c1. The fourth-order valence-corrected chi connectivity index (χ4v) is 2.15. The molecule has 0 aromatic carbocycles. The summed E-state index contributed by atoms with van der Waals surface area (Å²) in [6, 6.07) is 0. The van der Waals surface area contributed by atoms with Gasteiger partial charge in [0.2, 0.25) is 5.91 Å². The summed E-state index contributed by atoms with van der Waals surface area (Å²) in [7, 11) is 0. The summed E-state index contributed by atoms with van der Waals surface area (Å²) in [4.78, 5) is 11.7. The maximum absolute atomic E-state index is 11.7. The van der Waals surface area contributed by atoms with Crippen LogP contribution in [0.25, 0.3) is 0 Å². The molecule has 0 saturated heterocycles. The Kier molecular flexibility index (Phi) is 4.94. The second-order valence-corrected chi connectivity index (χ2v) is 5.60. The van der Waals surface area contributed by atoms with E-state index in [2.05, 4.69) is 31.4 Å². The Bertz CT molecular complexity index is 570. The van der Waals surface area contributed by atoms with Gasteiger partial charge in [0.25, 0.3) is 0 Å². The lowest BCUT2D eigenvalue weighted by Crippen LogP contribution is -2.29. The molecule has 1 amide bonds. The van der Waals surface area contributed by atoms with Crippen LogP contribution >= 0.6 is 15.9 Å². The predicted octanol–water partition coefficient (Wildman–Crippen LogP) is 1.67. The molecule has 2 aromatic rings. The van der Waals surface area contributed by atoms with Crippen molar-refractivity contribution in [1.29, 1.82) is 0 Å². The van der Waals surface area contributed by atoms with Gasteiger partial charge in [0.05, 0.1) is 16.4 Å². The molecule has 0 spiro atoms. The van der Waals surface area contributed by atoms with Crippen LogP contribution < -0.4 is 5.32 Å². The first-order valence-electron chi connectivity index (χ1n) is 6.50. The Morgan fingerprint density at radius 2 is 2.15 bits per heavy atom. The molecule has 0 bridgehead atoms. The van der Waals surface area contributed by atoms with E-state index in [1.165, 1.54) is 0 Å². The summed E-state index contributed by atoms with van der Waals surface area (Å²) < 4.78 is 4.52. The maximum atomic E-state index is 11.7. The van der Waals surface area contributed by atoms with Crippen LogP contribution in [0.2, 0.25) is 0 Å². The number of aromatic nitrogens is 4. The third-order valence-electron chi connectivity index (χ3n) is 2.84. The summed E-state index contributed by atoms with van der Waals surface area (Å²) in [5, 5.41) is 11.3. The number of nitrogens with zero attached hydrogens (tertiary/aromatic N) is 4. The number of hydrogen-bond donors (Lipinski definition) is 1. The Morgan fingerprint density at radius 3 is 2.75 bits per heavy atom. The van der Waals surface area contributed by atoms with E-state index in [1.54, 1.807) is 10.9 Å². The number of nitrogens with one attached hydrogen (secondary N) is 1. The number of hydrogen-bond acceptors (Lipinski definition) is 3. The number of halogens is 1. The van der Waals surface area contributed by atoms with Crippen LogP contribution in [0.3, 0.4) is 0 Å². The zero-order valence-electron chi connectivity index (χ0n) is 11.6. The lowest BCUT2D eigenvalue weighted by atomic mass is 10.4. The summed E-state index contributed by atoms with van der Waals surface area (Å²) in [5.41, 5.74) is 2.03. The Morgan fingerprint density at radius 1 is 1.35 bits per heavy atom. The topological polar surface area (TPSA) is 64.7 Å². The van der Waals surface area contributed by atoms with E-state index < -0.39 is 0 Å². The second kappa shape index (κ2) is 6.69. The monoisotopic (exact) mass is 339 g/mol. The molecule has 0 radical (unpaired) electrons. The average Bonchev–Trinajstić information content (AvgIpc) is 2.92. The average molecular weight is 340 g/mol. The Labute approximate surface area is 126 Å². The highest BCUT2D eigenvalue weighted by Gasteiger charge is 2.04. The number of aryl methyl sites for hydroxylation is 3. The van der Waals surface area contributed by atoms with Crippen LogP contribution in [0.5, 0.6) is 0 Å². The van der Waals surface area contributed by atoms with Crippen molar-refractivity contribution >= 4 is 21.8 Å². The van der Waals surface area contributed by atoms with Gasteiger partial charge in [-0.15, -0.1) is 0 Å². The molecule has 0 saturated carbocycles. The molecule has 108 valence electrons. The van der Waals surface area contributed by atoms with Gasteiger partial charge in [-0.1, -0.05) is 0 Å². The molecule has 0 atom stereocenters. The molecular formula is C13H18BrN5O. The van der Waals surface area contributed by atoms with E-state index in [1.807, 2.05) is 30.9 Å². The van der Waals surface area contributed by atoms with Crippen LogP contribution in [-0.2, 0) is 17.9 Å². The molecule has 0 aliphatic rings. The molecule has 0 aliphatic carbocycles. The minimum absolute atomic E-state index is 0.0223. The van der Waals surface area contributed by atoms with Gasteiger partial charge in [-0.05, 0) is 41.8 Å². The minimum Gasteiger partial charge on any atom is -0.354 e. The highest BCUT2D eigenvalue weighted by molar-refractivity contribution is 9.10. The summed E-state index contributed by atoms with van der Waals surface area (Å²) in [5.74, 6) is -0.0223. The van der Waals surface area contributed by atoms with Gasteiger partial charge >= 0.3 is 0 Å². The van der Waals surface area contributed by atoms with Gasteiger partial charge < -0.3 is 5.32 Å². The van der Waals surface area contributed by atoms with Crippen molar-refractivity contribution in [3.63, 3.8) is 0 Å². The normalized spacial score (nSPS) is 10.8. The van der Waals surface area contributed by atoms with Gasteiger partial charge in [0.15, 0.2) is 0 Å². The van der Waals surface area contributed by atoms with Crippen LogP contribution in [-0.4, -0.2) is 32.0 Å². The maximum Gasteiger partial charge on any atom is 0.241 e. The van der Waals surface area contributed by atoms with Crippen molar-refractivity contribution in [3.8, 4) is 0 Å². The molecule has 6 nitrogen and oxygen atoms in total. The molecular weight excluding hydrogens is 322 g/mol. The van der Waals surface area contributed by atoms with Crippen molar-refractivity contribution in [2.45, 2.75) is 33.4 Å². The van der Waals surface area contributed by atoms with Crippen molar-refractivity contribution in [2.75, 3.05) is 6.54 Å². The van der Waals surface area contributed by atoms with E-state index in [0.717, 1.165) is 28.7 Å². The zero-order valence-corrected chi connectivity index (χ0v) is 13.2. The highest BCUT2D eigenvalue weighted by Crippen LogP contribution is 2.13. The second-order valence-electron chi connectivity index (χ2n) is 4.74. The van der Waals surface area contributed by atoms with E-state index in [9.17, 15) is 4.79 Å². The number of carbonyl (C=O) groups excluding carboxylic acids is 1. The first-order chi connectivity index (χ1) is 9.54. The summed E-state index contributed by atoms with van der Waals surface area (Å²) in [6.45, 7) is 5.59. The van der Waals surface area contributed by atoms with Crippen molar-refractivity contribution < 1.29 is 4.79 Å². The minimum atomic E-state index is -0.0223. The summed E-state index contributed by atoms with van der Waals surface area (Å²) in [6.07, 6.45) is 6.38. The molecule has 0 fully saturated rings. The van der Waals surface area contributed by atoms with Gasteiger partial charge in [-0.2, -0.15) is 10.2 Å². The van der Waals surface area contributed by atoms with Gasteiger partial charge in [-0.3, -0.25) is 14.2 Å². The number of carbonyl (C=O) groups is 1. The molecule has 2 aromatic heterocycles. The van der Waals surface area contributed by atoms with E-state index >= 15 is 0 Å². The van der Waals surface area contributed by atoms with Gasteiger partial charge in [0.1, 0.15) is 6.54 Å². The highest BCUT2D eigenvalue weighted by atomic mass is 79.9. The zero-order chi connectivity index (χ0) is 14.5. The standard InChI is InChI=1S/C13H18BrN5O/c1-10-6-16-19(7-10)9-13(20)15-4-3-5-18-8-12(14)11(2)17-18/h6-8H,3-5,9H2,1-2H3,(H,15,20). The number of amides is 1.